The van der Waals surface area contributed by atoms with Gasteiger partial charge in [-0.2, -0.15) is 4.98 Å². The van der Waals surface area contributed by atoms with Crippen molar-refractivity contribution < 1.29 is 4.52 Å². The second-order valence-electron chi connectivity index (χ2n) is 4.86. The quantitative estimate of drug-likeness (QED) is 0.753. The van der Waals surface area contributed by atoms with Crippen LogP contribution in [0.4, 0.5) is 0 Å². The van der Waals surface area contributed by atoms with Gasteiger partial charge in [0, 0.05) is 12.1 Å². The lowest BCUT2D eigenvalue weighted by Crippen LogP contribution is -2.02. The van der Waals surface area contributed by atoms with Crippen LogP contribution in [0.3, 0.4) is 0 Å². The van der Waals surface area contributed by atoms with Crippen molar-refractivity contribution in [1.29, 1.82) is 0 Å². The van der Waals surface area contributed by atoms with Crippen LogP contribution >= 0.6 is 0 Å². The summed E-state index contributed by atoms with van der Waals surface area (Å²) in [5.41, 5.74) is 6.43. The van der Waals surface area contributed by atoms with Crippen LogP contribution in [0.15, 0.2) is 10.7 Å². The van der Waals surface area contributed by atoms with E-state index in [4.69, 9.17) is 10.3 Å². The van der Waals surface area contributed by atoms with E-state index in [-0.39, 0.29) is 5.92 Å². The SMILES string of the molecule is CC(C)c1nc(Cn2cc(CCCCN)nn2)no1. The minimum Gasteiger partial charge on any atom is -0.339 e. The first-order chi connectivity index (χ1) is 9.19. The second kappa shape index (κ2) is 6.42. The number of aromatic nitrogens is 5. The highest BCUT2D eigenvalue weighted by molar-refractivity contribution is 4.95. The Hall–Kier alpha value is -1.76. The molecule has 104 valence electrons. The van der Waals surface area contributed by atoms with Gasteiger partial charge in [0.1, 0.15) is 6.54 Å². The van der Waals surface area contributed by atoms with Crippen molar-refractivity contribution in [1.82, 2.24) is 25.1 Å². The van der Waals surface area contributed by atoms with Gasteiger partial charge in [0.25, 0.3) is 0 Å². The molecule has 0 atom stereocenters. The molecule has 19 heavy (non-hydrogen) atoms. The number of hydrogen-bond acceptors (Lipinski definition) is 6. The van der Waals surface area contributed by atoms with Crippen LogP contribution in [0, 0.1) is 0 Å². The number of nitrogens with zero attached hydrogens (tertiary/aromatic N) is 5. The molecule has 2 rings (SSSR count). The minimum absolute atomic E-state index is 0.240. The summed E-state index contributed by atoms with van der Waals surface area (Å²) in [4.78, 5) is 4.31. The van der Waals surface area contributed by atoms with Crippen molar-refractivity contribution in [2.75, 3.05) is 6.54 Å². The highest BCUT2D eigenvalue weighted by Gasteiger charge is 2.11. The van der Waals surface area contributed by atoms with Gasteiger partial charge in [0.15, 0.2) is 5.82 Å². The zero-order valence-corrected chi connectivity index (χ0v) is 11.4. The topological polar surface area (TPSA) is 95.7 Å². The minimum atomic E-state index is 0.240. The summed E-state index contributed by atoms with van der Waals surface area (Å²) in [7, 11) is 0. The van der Waals surface area contributed by atoms with E-state index in [1.165, 1.54) is 0 Å². The average molecular weight is 264 g/mol. The van der Waals surface area contributed by atoms with Crippen LogP contribution in [-0.4, -0.2) is 31.7 Å². The van der Waals surface area contributed by atoms with Crippen molar-refractivity contribution >= 4 is 0 Å². The Morgan fingerprint density at radius 1 is 1.37 bits per heavy atom. The first-order valence-electron chi connectivity index (χ1n) is 6.60. The molecule has 2 N–H and O–H groups in total. The molecule has 0 fully saturated rings. The summed E-state index contributed by atoms with van der Waals surface area (Å²) in [6, 6.07) is 0. The third-order valence-electron chi connectivity index (χ3n) is 2.75. The van der Waals surface area contributed by atoms with Gasteiger partial charge in [-0.15, -0.1) is 5.10 Å². The summed E-state index contributed by atoms with van der Waals surface area (Å²) in [5.74, 6) is 1.52. The number of unbranched alkanes of at least 4 members (excludes halogenated alkanes) is 1. The first-order valence-corrected chi connectivity index (χ1v) is 6.60. The number of nitrogens with two attached hydrogens (primary N) is 1. The maximum atomic E-state index is 5.46. The molecule has 0 saturated heterocycles. The number of aryl methyl sites for hydroxylation is 1. The van der Waals surface area contributed by atoms with E-state index in [1.54, 1.807) is 4.68 Å². The normalized spacial score (nSPS) is 11.4. The Bertz CT molecular complexity index is 504. The fourth-order valence-corrected chi connectivity index (χ4v) is 1.69. The Morgan fingerprint density at radius 2 is 2.21 bits per heavy atom. The summed E-state index contributed by atoms with van der Waals surface area (Å²) < 4.78 is 6.88. The van der Waals surface area contributed by atoms with E-state index < -0.39 is 0 Å². The van der Waals surface area contributed by atoms with E-state index in [2.05, 4.69) is 20.5 Å². The maximum absolute atomic E-state index is 5.46. The lowest BCUT2D eigenvalue weighted by Gasteiger charge is -1.94. The zero-order valence-electron chi connectivity index (χ0n) is 11.4. The fraction of sp³-hybridized carbons (Fsp3) is 0.667. The molecule has 2 heterocycles. The van der Waals surface area contributed by atoms with Crippen molar-refractivity contribution in [2.24, 2.45) is 5.73 Å². The molecule has 0 bridgehead atoms. The predicted molar refractivity (Wildman–Crippen MR) is 69.5 cm³/mol. The summed E-state index contributed by atoms with van der Waals surface area (Å²) in [6.45, 7) is 5.24. The molecular formula is C12H20N6O. The molecule has 2 aromatic rings. The van der Waals surface area contributed by atoms with Crippen molar-refractivity contribution in [3.05, 3.63) is 23.6 Å². The van der Waals surface area contributed by atoms with E-state index in [0.29, 0.717) is 18.3 Å². The van der Waals surface area contributed by atoms with E-state index >= 15 is 0 Å². The third kappa shape index (κ3) is 3.85. The molecule has 0 saturated carbocycles. The van der Waals surface area contributed by atoms with Crippen LogP contribution in [0.2, 0.25) is 0 Å². The highest BCUT2D eigenvalue weighted by atomic mass is 16.5. The van der Waals surface area contributed by atoms with E-state index in [1.807, 2.05) is 20.0 Å². The van der Waals surface area contributed by atoms with Crippen molar-refractivity contribution in [3.8, 4) is 0 Å². The smallest absolute Gasteiger partial charge is 0.229 e. The molecule has 0 aliphatic rings. The van der Waals surface area contributed by atoms with Gasteiger partial charge in [-0.05, 0) is 25.8 Å². The van der Waals surface area contributed by atoms with Crippen LogP contribution in [0.25, 0.3) is 0 Å². The molecule has 0 aliphatic carbocycles. The van der Waals surface area contributed by atoms with Gasteiger partial charge in [-0.25, -0.2) is 4.68 Å². The molecule has 0 aliphatic heterocycles. The van der Waals surface area contributed by atoms with E-state index in [0.717, 1.165) is 31.5 Å². The fourth-order valence-electron chi connectivity index (χ4n) is 1.69. The molecule has 0 radical (unpaired) electrons. The predicted octanol–water partition coefficient (Wildman–Crippen LogP) is 1.11. The van der Waals surface area contributed by atoms with Gasteiger partial charge in [0.2, 0.25) is 5.89 Å². The van der Waals surface area contributed by atoms with Gasteiger partial charge in [0.05, 0.1) is 5.69 Å². The van der Waals surface area contributed by atoms with Gasteiger partial charge >= 0.3 is 0 Å². The maximum Gasteiger partial charge on any atom is 0.229 e. The molecular weight excluding hydrogens is 244 g/mol. The van der Waals surface area contributed by atoms with Crippen LogP contribution in [-0.2, 0) is 13.0 Å². The van der Waals surface area contributed by atoms with E-state index in [9.17, 15) is 0 Å². The van der Waals surface area contributed by atoms with Crippen LogP contribution in [0.5, 0.6) is 0 Å². The molecule has 0 spiro atoms. The summed E-state index contributed by atoms with van der Waals surface area (Å²) in [6.07, 6.45) is 4.87. The molecule has 0 amide bonds. The first kappa shape index (κ1) is 13.7. The Balaban J connectivity index is 1.91. The lowest BCUT2D eigenvalue weighted by molar-refractivity contribution is 0.359. The molecule has 7 nitrogen and oxygen atoms in total. The monoisotopic (exact) mass is 264 g/mol. The van der Waals surface area contributed by atoms with Crippen LogP contribution < -0.4 is 5.73 Å². The molecule has 0 aromatic carbocycles. The Labute approximate surface area is 112 Å². The van der Waals surface area contributed by atoms with Crippen LogP contribution in [0.1, 0.15) is 50.0 Å². The summed E-state index contributed by atoms with van der Waals surface area (Å²) >= 11 is 0. The Morgan fingerprint density at radius 3 is 2.89 bits per heavy atom. The highest BCUT2D eigenvalue weighted by Crippen LogP contribution is 2.11. The standard InChI is InChI=1S/C12H20N6O/c1-9(2)12-14-11(16-19-12)8-18-7-10(15-17-18)5-3-4-6-13/h7,9H,3-6,8,13H2,1-2H3. The molecule has 2 aromatic heterocycles. The largest absolute Gasteiger partial charge is 0.339 e. The Kier molecular flexibility index (Phi) is 4.62. The number of hydrogen-bond donors (Lipinski definition) is 1. The van der Waals surface area contributed by atoms with Gasteiger partial charge in [-0.1, -0.05) is 24.2 Å². The number of rotatable bonds is 7. The van der Waals surface area contributed by atoms with Gasteiger partial charge < -0.3 is 10.3 Å². The van der Waals surface area contributed by atoms with Crippen molar-refractivity contribution in [2.45, 2.75) is 45.6 Å². The summed E-state index contributed by atoms with van der Waals surface area (Å²) in [5, 5.41) is 12.1. The van der Waals surface area contributed by atoms with Gasteiger partial charge in [-0.3, -0.25) is 0 Å². The average Bonchev–Trinajstić information content (AvgIpc) is 3.00. The second-order valence-corrected chi connectivity index (χ2v) is 4.86. The van der Waals surface area contributed by atoms with Crippen molar-refractivity contribution in [3.63, 3.8) is 0 Å². The third-order valence-corrected chi connectivity index (χ3v) is 2.75. The zero-order chi connectivity index (χ0) is 13.7. The molecule has 0 unspecified atom stereocenters. The molecule has 7 heteroatoms. The lowest BCUT2D eigenvalue weighted by atomic mass is 10.2.